The molecular formula is C17H21Cl2N5OS2. The van der Waals surface area contributed by atoms with Crippen LogP contribution in [0.4, 0.5) is 5.13 Å². The molecule has 0 saturated carbocycles. The van der Waals surface area contributed by atoms with E-state index in [1.807, 2.05) is 33.2 Å². The van der Waals surface area contributed by atoms with Crippen LogP contribution in [0.3, 0.4) is 0 Å². The van der Waals surface area contributed by atoms with Gasteiger partial charge in [0.15, 0.2) is 5.13 Å². The predicted molar refractivity (Wildman–Crippen MR) is 116 cm³/mol. The summed E-state index contributed by atoms with van der Waals surface area (Å²) in [5.74, 6) is -0.107. The Morgan fingerprint density at radius 2 is 1.96 bits per heavy atom. The summed E-state index contributed by atoms with van der Waals surface area (Å²) in [4.78, 5) is 22.2. The standard InChI is InChI=1S/C17H20ClN5OS2.ClH/c1-10-6-7-12(18)15-13(10)19-17(25-15)23(9-5-8-22(3)4)16(24)14-11(2)20-21-26-14;/h6-7H,5,8-9H2,1-4H3;1H. The maximum atomic E-state index is 13.1. The Labute approximate surface area is 177 Å². The minimum absolute atomic E-state index is 0. The molecule has 0 aliphatic carbocycles. The van der Waals surface area contributed by atoms with E-state index in [0.29, 0.717) is 27.3 Å². The number of aromatic nitrogens is 3. The molecule has 0 N–H and O–H groups in total. The van der Waals surface area contributed by atoms with Crippen molar-refractivity contribution >= 4 is 68.1 Å². The molecule has 3 rings (SSSR count). The number of rotatable bonds is 6. The Morgan fingerprint density at radius 1 is 1.22 bits per heavy atom. The Balaban J connectivity index is 0.00000261. The Kier molecular flexibility index (Phi) is 7.53. The second-order valence-corrected chi connectivity index (χ2v) is 8.48. The number of benzene rings is 1. The summed E-state index contributed by atoms with van der Waals surface area (Å²) < 4.78 is 4.80. The van der Waals surface area contributed by atoms with Crippen molar-refractivity contribution in [3.63, 3.8) is 0 Å². The Hall–Kier alpha value is -1.32. The molecule has 1 amide bonds. The van der Waals surface area contributed by atoms with Gasteiger partial charge in [0.05, 0.1) is 20.9 Å². The highest BCUT2D eigenvalue weighted by Gasteiger charge is 2.25. The average molecular weight is 446 g/mol. The first kappa shape index (κ1) is 22.0. The fourth-order valence-corrected chi connectivity index (χ4v) is 4.53. The largest absolute Gasteiger partial charge is 0.309 e. The van der Waals surface area contributed by atoms with Crippen molar-refractivity contribution in [2.24, 2.45) is 0 Å². The van der Waals surface area contributed by atoms with Gasteiger partial charge in [-0.3, -0.25) is 9.69 Å². The summed E-state index contributed by atoms with van der Waals surface area (Å²) in [6.45, 7) is 5.25. The number of fused-ring (bicyclic) bond motifs is 1. The van der Waals surface area contributed by atoms with Crippen molar-refractivity contribution in [2.75, 3.05) is 32.1 Å². The number of halogens is 2. The first-order valence-electron chi connectivity index (χ1n) is 8.19. The number of hydrogen-bond donors (Lipinski definition) is 0. The van der Waals surface area contributed by atoms with Gasteiger partial charge in [0, 0.05) is 6.54 Å². The Bertz CT molecular complexity index is 902. The second-order valence-electron chi connectivity index (χ2n) is 6.34. The van der Waals surface area contributed by atoms with E-state index in [2.05, 4.69) is 14.5 Å². The third-order valence-corrected chi connectivity index (χ3v) is 6.35. The van der Waals surface area contributed by atoms with Crippen LogP contribution < -0.4 is 4.90 Å². The van der Waals surface area contributed by atoms with E-state index >= 15 is 0 Å². The van der Waals surface area contributed by atoms with Gasteiger partial charge >= 0.3 is 0 Å². The van der Waals surface area contributed by atoms with Crippen LogP contribution in [0.1, 0.15) is 27.3 Å². The smallest absolute Gasteiger partial charge is 0.273 e. The number of carbonyl (C=O) groups excluding carboxylic acids is 1. The predicted octanol–water partition coefficient (Wildman–Crippen LogP) is 4.44. The number of thiazole rings is 1. The van der Waals surface area contributed by atoms with Gasteiger partial charge < -0.3 is 4.90 Å². The molecule has 2 heterocycles. The monoisotopic (exact) mass is 445 g/mol. The average Bonchev–Trinajstić information content (AvgIpc) is 3.21. The van der Waals surface area contributed by atoms with Gasteiger partial charge in [0.1, 0.15) is 4.88 Å². The summed E-state index contributed by atoms with van der Waals surface area (Å²) in [6.07, 6.45) is 0.840. The summed E-state index contributed by atoms with van der Waals surface area (Å²) in [5, 5.41) is 5.29. The fourth-order valence-electron chi connectivity index (χ4n) is 2.59. The lowest BCUT2D eigenvalue weighted by molar-refractivity contribution is 0.0989. The zero-order valence-corrected chi connectivity index (χ0v) is 18.7. The van der Waals surface area contributed by atoms with Crippen molar-refractivity contribution < 1.29 is 4.79 Å². The zero-order chi connectivity index (χ0) is 18.8. The van der Waals surface area contributed by atoms with E-state index in [0.717, 1.165) is 40.3 Å². The maximum absolute atomic E-state index is 13.1. The summed E-state index contributed by atoms with van der Waals surface area (Å²) in [7, 11) is 4.04. The van der Waals surface area contributed by atoms with Crippen molar-refractivity contribution in [3.8, 4) is 0 Å². The van der Waals surface area contributed by atoms with E-state index in [4.69, 9.17) is 16.6 Å². The molecule has 0 spiro atoms. The van der Waals surface area contributed by atoms with Gasteiger partial charge in [-0.2, -0.15) is 0 Å². The number of aryl methyl sites for hydroxylation is 2. The lowest BCUT2D eigenvalue weighted by Gasteiger charge is -2.20. The highest BCUT2D eigenvalue weighted by Crippen LogP contribution is 2.36. The van der Waals surface area contributed by atoms with E-state index in [-0.39, 0.29) is 18.3 Å². The van der Waals surface area contributed by atoms with Crippen molar-refractivity contribution in [1.82, 2.24) is 19.5 Å². The topological polar surface area (TPSA) is 62.2 Å². The molecule has 27 heavy (non-hydrogen) atoms. The van der Waals surface area contributed by atoms with E-state index in [1.165, 1.54) is 11.3 Å². The van der Waals surface area contributed by atoms with Crippen LogP contribution in [-0.4, -0.2) is 52.6 Å². The first-order valence-corrected chi connectivity index (χ1v) is 10.2. The molecule has 0 atom stereocenters. The van der Waals surface area contributed by atoms with E-state index < -0.39 is 0 Å². The number of anilines is 1. The summed E-state index contributed by atoms with van der Waals surface area (Å²) in [6, 6.07) is 3.82. The molecule has 0 unspecified atom stereocenters. The fraction of sp³-hybridized carbons (Fsp3) is 0.412. The third kappa shape index (κ3) is 4.75. The molecule has 0 fully saturated rings. The van der Waals surface area contributed by atoms with Gasteiger partial charge in [0.25, 0.3) is 5.91 Å². The SMILES string of the molecule is Cc1nnsc1C(=O)N(CCCN(C)C)c1nc2c(C)ccc(Cl)c2s1.Cl. The number of nitrogens with zero attached hydrogens (tertiary/aromatic N) is 5. The quantitative estimate of drug-likeness (QED) is 0.560. The van der Waals surface area contributed by atoms with Crippen molar-refractivity contribution in [3.05, 3.63) is 33.3 Å². The molecule has 10 heteroatoms. The molecule has 6 nitrogen and oxygen atoms in total. The zero-order valence-electron chi connectivity index (χ0n) is 15.5. The first-order chi connectivity index (χ1) is 12.4. The van der Waals surface area contributed by atoms with Crippen LogP contribution >= 0.6 is 46.9 Å². The van der Waals surface area contributed by atoms with Crippen LogP contribution in [0.25, 0.3) is 10.2 Å². The molecular weight excluding hydrogens is 425 g/mol. The minimum Gasteiger partial charge on any atom is -0.309 e. The van der Waals surface area contributed by atoms with Gasteiger partial charge in [-0.25, -0.2) is 4.98 Å². The molecule has 3 aromatic rings. The highest BCUT2D eigenvalue weighted by molar-refractivity contribution is 7.23. The third-order valence-electron chi connectivity index (χ3n) is 3.99. The van der Waals surface area contributed by atoms with Crippen molar-refractivity contribution in [2.45, 2.75) is 20.3 Å². The lowest BCUT2D eigenvalue weighted by atomic mass is 10.2. The molecule has 0 bridgehead atoms. The van der Waals surface area contributed by atoms with Crippen molar-refractivity contribution in [1.29, 1.82) is 0 Å². The summed E-state index contributed by atoms with van der Waals surface area (Å²) >= 11 is 8.91. The molecule has 0 radical (unpaired) electrons. The van der Waals surface area contributed by atoms with Crippen LogP contribution in [0, 0.1) is 13.8 Å². The minimum atomic E-state index is -0.107. The van der Waals surface area contributed by atoms with Crippen LogP contribution in [0.15, 0.2) is 12.1 Å². The Morgan fingerprint density at radius 3 is 2.56 bits per heavy atom. The number of amides is 1. The van der Waals surface area contributed by atoms with Gasteiger partial charge in [-0.1, -0.05) is 33.5 Å². The lowest BCUT2D eigenvalue weighted by Crippen LogP contribution is -2.33. The van der Waals surface area contributed by atoms with E-state index in [1.54, 1.807) is 11.8 Å². The van der Waals surface area contributed by atoms with Gasteiger partial charge in [-0.05, 0) is 64.1 Å². The number of carbonyl (C=O) groups is 1. The molecule has 0 saturated heterocycles. The van der Waals surface area contributed by atoms with Gasteiger partial charge in [0.2, 0.25) is 0 Å². The normalized spacial score (nSPS) is 11.0. The molecule has 2 aromatic heterocycles. The maximum Gasteiger partial charge on any atom is 0.273 e. The van der Waals surface area contributed by atoms with Crippen LogP contribution in [0.5, 0.6) is 0 Å². The number of hydrogen-bond acceptors (Lipinski definition) is 7. The molecule has 1 aromatic carbocycles. The molecule has 0 aliphatic heterocycles. The van der Waals surface area contributed by atoms with E-state index in [9.17, 15) is 4.79 Å². The molecule has 146 valence electrons. The van der Waals surface area contributed by atoms with Crippen LogP contribution in [-0.2, 0) is 0 Å². The van der Waals surface area contributed by atoms with Gasteiger partial charge in [-0.15, -0.1) is 17.5 Å². The van der Waals surface area contributed by atoms with Crippen LogP contribution in [0.2, 0.25) is 5.02 Å². The highest BCUT2D eigenvalue weighted by atomic mass is 35.5. The molecule has 0 aliphatic rings. The second kappa shape index (κ2) is 9.25. The summed E-state index contributed by atoms with van der Waals surface area (Å²) in [5.41, 5.74) is 2.54.